The summed E-state index contributed by atoms with van der Waals surface area (Å²) in [6, 6.07) is 0. The molecule has 1 amide bonds. The highest BCUT2D eigenvalue weighted by Crippen LogP contribution is 2.17. The van der Waals surface area contributed by atoms with Gasteiger partial charge in [-0.1, -0.05) is 13.8 Å². The maximum absolute atomic E-state index is 10.8. The molecule has 0 radical (unpaired) electrons. The molecule has 0 atom stereocenters. The zero-order chi connectivity index (χ0) is 10.3. The van der Waals surface area contributed by atoms with Crippen molar-refractivity contribution in [2.24, 2.45) is 5.41 Å². The molecule has 4 nitrogen and oxygen atoms in total. The Kier molecular flexibility index (Phi) is 5.66. The van der Waals surface area contributed by atoms with Crippen molar-refractivity contribution < 1.29 is 9.90 Å². The summed E-state index contributed by atoms with van der Waals surface area (Å²) in [6.45, 7) is 5.38. The minimum Gasteiger partial charge on any atom is -0.396 e. The van der Waals surface area contributed by atoms with Crippen molar-refractivity contribution in [1.29, 1.82) is 0 Å². The van der Waals surface area contributed by atoms with Gasteiger partial charge >= 0.3 is 0 Å². The van der Waals surface area contributed by atoms with E-state index in [4.69, 9.17) is 5.11 Å². The summed E-state index contributed by atoms with van der Waals surface area (Å²) in [6.07, 6.45) is 0.744. The van der Waals surface area contributed by atoms with Gasteiger partial charge in [-0.15, -0.1) is 0 Å². The zero-order valence-electron chi connectivity index (χ0n) is 8.68. The van der Waals surface area contributed by atoms with E-state index in [-0.39, 0.29) is 17.9 Å². The van der Waals surface area contributed by atoms with E-state index in [2.05, 4.69) is 24.5 Å². The standard InChI is InChI=1S/C9H20N2O2/c1-9(2,4-5-12)7-11-6-8(13)10-3/h11-12H,4-7H2,1-3H3,(H,10,13). The summed E-state index contributed by atoms with van der Waals surface area (Å²) in [4.78, 5) is 10.8. The first kappa shape index (κ1) is 12.4. The first-order valence-corrected chi connectivity index (χ1v) is 4.54. The van der Waals surface area contributed by atoms with E-state index >= 15 is 0 Å². The largest absolute Gasteiger partial charge is 0.396 e. The molecule has 0 aliphatic carbocycles. The number of aliphatic hydroxyl groups excluding tert-OH is 1. The summed E-state index contributed by atoms with van der Waals surface area (Å²) in [7, 11) is 1.61. The van der Waals surface area contributed by atoms with E-state index < -0.39 is 0 Å². The first-order valence-electron chi connectivity index (χ1n) is 4.54. The summed E-state index contributed by atoms with van der Waals surface area (Å²) in [5.41, 5.74) is 0.0444. The van der Waals surface area contributed by atoms with Gasteiger partial charge in [-0.3, -0.25) is 4.79 Å². The molecule has 4 heteroatoms. The van der Waals surface area contributed by atoms with Gasteiger partial charge in [0.25, 0.3) is 0 Å². The summed E-state index contributed by atoms with van der Waals surface area (Å²) < 4.78 is 0. The van der Waals surface area contributed by atoms with Crippen molar-refractivity contribution in [1.82, 2.24) is 10.6 Å². The number of carbonyl (C=O) groups is 1. The fourth-order valence-electron chi connectivity index (χ4n) is 0.994. The Morgan fingerprint density at radius 1 is 1.46 bits per heavy atom. The van der Waals surface area contributed by atoms with Crippen LogP contribution in [0.1, 0.15) is 20.3 Å². The lowest BCUT2D eigenvalue weighted by Gasteiger charge is -2.23. The molecular formula is C9H20N2O2. The van der Waals surface area contributed by atoms with Gasteiger partial charge in [0.05, 0.1) is 6.54 Å². The monoisotopic (exact) mass is 188 g/mol. The van der Waals surface area contributed by atoms with Crippen LogP contribution in [-0.4, -0.2) is 37.8 Å². The maximum atomic E-state index is 10.8. The van der Waals surface area contributed by atoms with Crippen LogP contribution < -0.4 is 10.6 Å². The molecule has 0 aliphatic heterocycles. The molecule has 0 saturated heterocycles. The predicted octanol–water partition coefficient (Wildman–Crippen LogP) is -0.269. The lowest BCUT2D eigenvalue weighted by molar-refractivity contribution is -0.119. The second kappa shape index (κ2) is 5.94. The van der Waals surface area contributed by atoms with Crippen molar-refractivity contribution >= 4 is 5.91 Å². The van der Waals surface area contributed by atoms with Crippen LogP contribution in [0.5, 0.6) is 0 Å². The molecule has 0 aliphatic rings. The Hall–Kier alpha value is -0.610. The Balaban J connectivity index is 3.56. The number of carbonyl (C=O) groups excluding carboxylic acids is 1. The van der Waals surface area contributed by atoms with Crippen molar-refractivity contribution in [3.8, 4) is 0 Å². The quantitative estimate of drug-likeness (QED) is 0.538. The van der Waals surface area contributed by atoms with Gasteiger partial charge in [-0.25, -0.2) is 0 Å². The number of rotatable bonds is 6. The number of likely N-dealkylation sites (N-methyl/N-ethyl adjacent to an activating group) is 1. The molecule has 0 saturated carbocycles. The van der Waals surface area contributed by atoms with Crippen molar-refractivity contribution in [3.05, 3.63) is 0 Å². The Morgan fingerprint density at radius 3 is 2.54 bits per heavy atom. The summed E-state index contributed by atoms with van der Waals surface area (Å²) in [5, 5.41) is 14.3. The van der Waals surface area contributed by atoms with Crippen LogP contribution in [0.2, 0.25) is 0 Å². The molecule has 0 unspecified atom stereocenters. The fraction of sp³-hybridized carbons (Fsp3) is 0.889. The van der Waals surface area contributed by atoms with Crippen molar-refractivity contribution in [2.75, 3.05) is 26.7 Å². The van der Waals surface area contributed by atoms with Gasteiger partial charge in [0.1, 0.15) is 0 Å². The highest BCUT2D eigenvalue weighted by Gasteiger charge is 2.16. The lowest BCUT2D eigenvalue weighted by atomic mass is 9.90. The van der Waals surface area contributed by atoms with Crippen LogP contribution >= 0.6 is 0 Å². The number of hydrogen-bond donors (Lipinski definition) is 3. The van der Waals surface area contributed by atoms with Gasteiger partial charge in [0, 0.05) is 20.2 Å². The smallest absolute Gasteiger partial charge is 0.233 e. The van der Waals surface area contributed by atoms with Gasteiger partial charge in [0.2, 0.25) is 5.91 Å². The van der Waals surface area contributed by atoms with Crippen LogP contribution in [0.15, 0.2) is 0 Å². The number of hydrogen-bond acceptors (Lipinski definition) is 3. The zero-order valence-corrected chi connectivity index (χ0v) is 8.68. The van der Waals surface area contributed by atoms with Crippen molar-refractivity contribution in [2.45, 2.75) is 20.3 Å². The normalized spacial score (nSPS) is 11.4. The third kappa shape index (κ3) is 6.54. The Bertz CT molecular complexity index is 158. The molecule has 13 heavy (non-hydrogen) atoms. The predicted molar refractivity (Wildman–Crippen MR) is 52.4 cm³/mol. The molecule has 0 spiro atoms. The molecule has 0 heterocycles. The molecule has 0 bridgehead atoms. The second-order valence-electron chi connectivity index (χ2n) is 3.91. The average molecular weight is 188 g/mol. The molecule has 0 fully saturated rings. The maximum Gasteiger partial charge on any atom is 0.233 e. The third-order valence-electron chi connectivity index (χ3n) is 1.96. The molecule has 0 rings (SSSR count). The van der Waals surface area contributed by atoms with Crippen LogP contribution in [0, 0.1) is 5.41 Å². The number of amides is 1. The topological polar surface area (TPSA) is 61.4 Å². The minimum atomic E-state index is -0.0141. The Labute approximate surface area is 79.7 Å². The van der Waals surface area contributed by atoms with E-state index in [1.807, 2.05) is 0 Å². The number of aliphatic hydroxyl groups is 1. The summed E-state index contributed by atoms with van der Waals surface area (Å²) in [5.74, 6) is -0.0141. The van der Waals surface area contributed by atoms with Gasteiger partial charge < -0.3 is 15.7 Å². The number of nitrogens with one attached hydrogen (secondary N) is 2. The van der Waals surface area contributed by atoms with E-state index in [0.29, 0.717) is 6.54 Å². The van der Waals surface area contributed by atoms with E-state index in [1.54, 1.807) is 7.05 Å². The summed E-state index contributed by atoms with van der Waals surface area (Å²) >= 11 is 0. The molecule has 0 aromatic heterocycles. The molecular weight excluding hydrogens is 168 g/mol. The van der Waals surface area contributed by atoms with Crippen LogP contribution in [0.25, 0.3) is 0 Å². The van der Waals surface area contributed by atoms with Gasteiger partial charge in [-0.2, -0.15) is 0 Å². The van der Waals surface area contributed by atoms with Gasteiger partial charge in [-0.05, 0) is 11.8 Å². The SMILES string of the molecule is CNC(=O)CNCC(C)(C)CCO. The molecule has 0 aromatic carbocycles. The average Bonchev–Trinajstić information content (AvgIpc) is 2.03. The highest BCUT2D eigenvalue weighted by atomic mass is 16.3. The third-order valence-corrected chi connectivity index (χ3v) is 1.96. The first-order chi connectivity index (χ1) is 6.02. The van der Waals surface area contributed by atoms with Crippen molar-refractivity contribution in [3.63, 3.8) is 0 Å². The molecule has 78 valence electrons. The molecule has 0 aromatic rings. The van der Waals surface area contributed by atoms with E-state index in [1.165, 1.54) is 0 Å². The van der Waals surface area contributed by atoms with Crippen LogP contribution in [-0.2, 0) is 4.79 Å². The van der Waals surface area contributed by atoms with E-state index in [9.17, 15) is 4.79 Å². The molecule has 3 N–H and O–H groups in total. The second-order valence-corrected chi connectivity index (χ2v) is 3.91. The highest BCUT2D eigenvalue weighted by molar-refractivity contribution is 5.77. The van der Waals surface area contributed by atoms with E-state index in [0.717, 1.165) is 13.0 Å². The fourth-order valence-corrected chi connectivity index (χ4v) is 0.994. The van der Waals surface area contributed by atoms with Gasteiger partial charge in [0.15, 0.2) is 0 Å². The minimum absolute atomic E-state index is 0.0141. The van der Waals surface area contributed by atoms with Crippen LogP contribution in [0.4, 0.5) is 0 Å². The van der Waals surface area contributed by atoms with Crippen LogP contribution in [0.3, 0.4) is 0 Å². The Morgan fingerprint density at radius 2 is 2.08 bits per heavy atom. The lowest BCUT2D eigenvalue weighted by Crippen LogP contribution is -2.37.